The van der Waals surface area contributed by atoms with E-state index in [1.54, 1.807) is 6.20 Å². The van der Waals surface area contributed by atoms with Gasteiger partial charge in [0.2, 0.25) is 0 Å². The van der Waals surface area contributed by atoms with Crippen molar-refractivity contribution in [2.75, 3.05) is 6.61 Å². The number of hydrogen-bond donors (Lipinski definition) is 3. The van der Waals surface area contributed by atoms with Gasteiger partial charge in [-0.15, -0.1) is 11.3 Å². The molecule has 0 radical (unpaired) electrons. The van der Waals surface area contributed by atoms with E-state index in [2.05, 4.69) is 27.4 Å². The molecule has 5 nitrogen and oxygen atoms in total. The molecular weight excluding hydrogens is 250 g/mol. The molecule has 3 N–H and O–H groups in total. The highest BCUT2D eigenvalue weighted by atomic mass is 32.1. The molecule has 0 aromatic carbocycles. The van der Waals surface area contributed by atoms with Crippen molar-refractivity contribution in [3.05, 3.63) is 39.8 Å². The number of H-pyrrole nitrogens is 1. The van der Waals surface area contributed by atoms with E-state index >= 15 is 0 Å². The van der Waals surface area contributed by atoms with Crippen LogP contribution in [0.4, 0.5) is 0 Å². The summed E-state index contributed by atoms with van der Waals surface area (Å²) < 4.78 is 0. The Labute approximate surface area is 108 Å². The molecule has 0 fully saturated rings. The van der Waals surface area contributed by atoms with Crippen molar-refractivity contribution in [1.82, 2.24) is 15.5 Å². The van der Waals surface area contributed by atoms with Crippen LogP contribution < -0.4 is 5.32 Å². The minimum absolute atomic E-state index is 0.150. The molecule has 92 valence electrons. The molecule has 0 spiro atoms. The number of thiophene rings is 1. The monoisotopic (exact) mass is 261 g/mol. The normalized spacial score (nSPS) is 9.61. The number of carbonyl (C=O) groups excluding carboxylic acids is 1. The topological polar surface area (TPSA) is 78.0 Å². The molecule has 0 aliphatic heterocycles. The Balaban J connectivity index is 1.90. The van der Waals surface area contributed by atoms with E-state index in [1.165, 1.54) is 17.5 Å². The minimum Gasteiger partial charge on any atom is -0.384 e. The molecule has 2 rings (SSSR count). The molecule has 0 unspecified atom stereocenters. The van der Waals surface area contributed by atoms with Crippen LogP contribution in [0.25, 0.3) is 0 Å². The van der Waals surface area contributed by atoms with Crippen molar-refractivity contribution in [2.24, 2.45) is 0 Å². The lowest BCUT2D eigenvalue weighted by molar-refractivity contribution is 0.0951. The summed E-state index contributed by atoms with van der Waals surface area (Å²) in [5.74, 6) is 5.22. The van der Waals surface area contributed by atoms with Crippen LogP contribution in [0.2, 0.25) is 0 Å². The van der Waals surface area contributed by atoms with Crippen LogP contribution in [-0.4, -0.2) is 27.8 Å². The maximum atomic E-state index is 11.6. The third-order valence-corrected chi connectivity index (χ3v) is 3.09. The van der Waals surface area contributed by atoms with E-state index in [-0.39, 0.29) is 12.5 Å². The molecule has 0 aliphatic carbocycles. The zero-order chi connectivity index (χ0) is 12.8. The molecular formula is C12H11N3O2S. The zero-order valence-corrected chi connectivity index (χ0v) is 10.3. The Kier molecular flexibility index (Phi) is 4.12. The average Bonchev–Trinajstić information content (AvgIpc) is 3.04. The summed E-state index contributed by atoms with van der Waals surface area (Å²) in [4.78, 5) is 12.6. The number of nitrogens with zero attached hydrogens (tertiary/aromatic N) is 1. The van der Waals surface area contributed by atoms with E-state index in [9.17, 15) is 4.79 Å². The minimum atomic E-state index is -0.167. The largest absolute Gasteiger partial charge is 0.384 e. The summed E-state index contributed by atoms with van der Waals surface area (Å²) in [5, 5.41) is 19.6. The summed E-state index contributed by atoms with van der Waals surface area (Å²) in [7, 11) is 0. The number of aliphatic hydroxyl groups is 1. The van der Waals surface area contributed by atoms with Gasteiger partial charge in [0.05, 0.1) is 18.3 Å². The number of hydrogen-bond acceptors (Lipinski definition) is 4. The van der Waals surface area contributed by atoms with E-state index in [0.717, 1.165) is 10.4 Å². The number of aliphatic hydroxyl groups excluding tert-OH is 1. The fourth-order valence-electron chi connectivity index (χ4n) is 1.33. The van der Waals surface area contributed by atoms with Crippen LogP contribution in [0.15, 0.2) is 23.8 Å². The molecule has 0 aliphatic rings. The molecule has 0 bridgehead atoms. The zero-order valence-electron chi connectivity index (χ0n) is 9.43. The highest BCUT2D eigenvalue weighted by molar-refractivity contribution is 7.10. The summed E-state index contributed by atoms with van der Waals surface area (Å²) in [6.07, 6.45) is 3.02. The first-order valence-electron chi connectivity index (χ1n) is 5.23. The van der Waals surface area contributed by atoms with Crippen molar-refractivity contribution in [3.63, 3.8) is 0 Å². The second kappa shape index (κ2) is 6.00. The lowest BCUT2D eigenvalue weighted by Crippen LogP contribution is -2.21. The van der Waals surface area contributed by atoms with Crippen LogP contribution in [0, 0.1) is 11.8 Å². The number of amides is 1. The third-order valence-electron chi connectivity index (χ3n) is 2.15. The van der Waals surface area contributed by atoms with Crippen LogP contribution in [-0.2, 0) is 6.54 Å². The van der Waals surface area contributed by atoms with Gasteiger partial charge < -0.3 is 10.4 Å². The third kappa shape index (κ3) is 3.20. The van der Waals surface area contributed by atoms with Gasteiger partial charge in [0.25, 0.3) is 5.91 Å². The molecule has 0 atom stereocenters. The predicted octanol–water partition coefficient (Wildman–Crippen LogP) is 0.745. The Morgan fingerprint density at radius 3 is 3.22 bits per heavy atom. The second-order valence-electron chi connectivity index (χ2n) is 3.43. The van der Waals surface area contributed by atoms with Crippen molar-refractivity contribution in [2.45, 2.75) is 6.54 Å². The number of carbonyl (C=O) groups is 1. The van der Waals surface area contributed by atoms with E-state index in [4.69, 9.17) is 5.11 Å². The Morgan fingerprint density at radius 1 is 1.61 bits per heavy atom. The van der Waals surface area contributed by atoms with Crippen LogP contribution >= 0.6 is 11.3 Å². The van der Waals surface area contributed by atoms with Gasteiger partial charge in [-0.3, -0.25) is 9.89 Å². The molecule has 2 heterocycles. The molecule has 2 aromatic heterocycles. The van der Waals surface area contributed by atoms with Crippen LogP contribution in [0.5, 0.6) is 0 Å². The maximum Gasteiger partial charge on any atom is 0.254 e. The number of nitrogens with one attached hydrogen (secondary N) is 2. The van der Waals surface area contributed by atoms with Crippen molar-refractivity contribution in [3.8, 4) is 11.8 Å². The number of aromatic amines is 1. The van der Waals surface area contributed by atoms with E-state index in [0.29, 0.717) is 12.1 Å². The quantitative estimate of drug-likeness (QED) is 0.713. The lowest BCUT2D eigenvalue weighted by atomic mass is 10.3. The van der Waals surface area contributed by atoms with Gasteiger partial charge in [-0.1, -0.05) is 11.8 Å². The van der Waals surface area contributed by atoms with Gasteiger partial charge in [0.1, 0.15) is 6.61 Å². The second-order valence-corrected chi connectivity index (χ2v) is 4.43. The molecule has 18 heavy (non-hydrogen) atoms. The van der Waals surface area contributed by atoms with Gasteiger partial charge in [-0.05, 0) is 6.07 Å². The summed E-state index contributed by atoms with van der Waals surface area (Å²) >= 11 is 1.52. The summed E-state index contributed by atoms with van der Waals surface area (Å²) in [6.45, 7) is 0.303. The lowest BCUT2D eigenvalue weighted by Gasteiger charge is -2.00. The summed E-state index contributed by atoms with van der Waals surface area (Å²) in [5.41, 5.74) is 1.36. The summed E-state index contributed by atoms with van der Waals surface area (Å²) in [6, 6.07) is 1.89. The van der Waals surface area contributed by atoms with Gasteiger partial charge in [-0.2, -0.15) is 5.10 Å². The van der Waals surface area contributed by atoms with Crippen molar-refractivity contribution < 1.29 is 9.90 Å². The highest BCUT2D eigenvalue weighted by Crippen LogP contribution is 2.13. The van der Waals surface area contributed by atoms with E-state index in [1.807, 2.05) is 11.4 Å². The van der Waals surface area contributed by atoms with Crippen molar-refractivity contribution >= 4 is 17.2 Å². The van der Waals surface area contributed by atoms with Crippen molar-refractivity contribution in [1.29, 1.82) is 0 Å². The molecule has 6 heteroatoms. The number of aromatic nitrogens is 2. The standard InChI is InChI=1S/C12H11N3O2S/c16-3-1-2-9-4-11(18-8-9)7-13-12(17)10-5-14-15-6-10/h4-6,8,16H,3,7H2,(H,13,17)(H,14,15). The fraction of sp³-hybridized carbons (Fsp3) is 0.167. The molecule has 2 aromatic rings. The first-order valence-corrected chi connectivity index (χ1v) is 6.11. The average molecular weight is 261 g/mol. The van der Waals surface area contributed by atoms with Crippen LogP contribution in [0.1, 0.15) is 20.8 Å². The first kappa shape index (κ1) is 12.4. The van der Waals surface area contributed by atoms with E-state index < -0.39 is 0 Å². The molecule has 0 saturated carbocycles. The SMILES string of the molecule is O=C(NCc1cc(C#CCO)cs1)c1cn[nH]c1. The first-order chi connectivity index (χ1) is 8.79. The van der Waals surface area contributed by atoms with Gasteiger partial charge in [-0.25, -0.2) is 0 Å². The number of rotatable bonds is 3. The fourth-order valence-corrected chi connectivity index (χ4v) is 2.08. The molecule has 1 amide bonds. The van der Waals surface area contributed by atoms with Gasteiger partial charge >= 0.3 is 0 Å². The molecule has 0 saturated heterocycles. The highest BCUT2D eigenvalue weighted by Gasteiger charge is 2.06. The predicted molar refractivity (Wildman–Crippen MR) is 68.0 cm³/mol. The Bertz CT molecular complexity index is 578. The smallest absolute Gasteiger partial charge is 0.254 e. The van der Waals surface area contributed by atoms with Gasteiger partial charge in [0.15, 0.2) is 0 Å². The Morgan fingerprint density at radius 2 is 2.50 bits per heavy atom. The van der Waals surface area contributed by atoms with Gasteiger partial charge in [0, 0.05) is 22.0 Å². The Hall–Kier alpha value is -2.10. The van der Waals surface area contributed by atoms with Crippen LogP contribution in [0.3, 0.4) is 0 Å². The maximum absolute atomic E-state index is 11.6.